The average molecular weight is 200 g/mol. The summed E-state index contributed by atoms with van der Waals surface area (Å²) in [5.41, 5.74) is 5.37. The number of nitrogens with two attached hydrogens (primary N) is 1. The van der Waals surface area contributed by atoms with Crippen LogP contribution in [-0.4, -0.2) is 41.5 Å². The lowest BCUT2D eigenvalue weighted by atomic mass is 10.1. The Morgan fingerprint density at radius 1 is 1.64 bits per heavy atom. The number of nitrogens with zero attached hydrogens (tertiary/aromatic N) is 1. The normalized spacial score (nSPS) is 23.6. The summed E-state index contributed by atoms with van der Waals surface area (Å²) in [4.78, 5) is 23.8. The van der Waals surface area contributed by atoms with Gasteiger partial charge in [-0.25, -0.2) is 0 Å². The summed E-state index contributed by atoms with van der Waals surface area (Å²) in [7, 11) is 0. The fraction of sp³-hybridized carbons (Fsp3) is 0.778. The molecule has 5 nitrogen and oxygen atoms in total. The number of hydrogen-bond acceptors (Lipinski definition) is 3. The van der Waals surface area contributed by atoms with Crippen LogP contribution in [-0.2, 0) is 9.59 Å². The Labute approximate surface area is 82.9 Å². The van der Waals surface area contributed by atoms with Gasteiger partial charge in [-0.2, -0.15) is 0 Å². The Balaban J connectivity index is 2.49. The SMILES string of the molecule is CC(CN)C(=O)N1CCC(C(=O)O)C1. The minimum atomic E-state index is -0.819. The molecule has 1 saturated heterocycles. The van der Waals surface area contributed by atoms with Gasteiger partial charge in [0.1, 0.15) is 0 Å². The summed E-state index contributed by atoms with van der Waals surface area (Å²) in [6, 6.07) is 0. The largest absolute Gasteiger partial charge is 0.481 e. The highest BCUT2D eigenvalue weighted by Gasteiger charge is 2.32. The second-order valence-corrected chi connectivity index (χ2v) is 3.74. The molecule has 0 bridgehead atoms. The zero-order chi connectivity index (χ0) is 10.7. The Morgan fingerprint density at radius 3 is 2.71 bits per heavy atom. The number of hydrogen-bond donors (Lipinski definition) is 2. The Bertz CT molecular complexity index is 242. The highest BCUT2D eigenvalue weighted by Crippen LogP contribution is 2.18. The van der Waals surface area contributed by atoms with E-state index in [-0.39, 0.29) is 11.8 Å². The van der Waals surface area contributed by atoms with Crippen LogP contribution in [0.1, 0.15) is 13.3 Å². The molecule has 0 aromatic carbocycles. The van der Waals surface area contributed by atoms with Crippen molar-refractivity contribution >= 4 is 11.9 Å². The maximum Gasteiger partial charge on any atom is 0.308 e. The number of likely N-dealkylation sites (tertiary alicyclic amines) is 1. The number of carboxylic acid groups (broad SMARTS) is 1. The van der Waals surface area contributed by atoms with E-state index in [0.717, 1.165) is 0 Å². The molecule has 0 saturated carbocycles. The van der Waals surface area contributed by atoms with Crippen molar-refractivity contribution in [3.8, 4) is 0 Å². The van der Waals surface area contributed by atoms with Crippen LogP contribution in [0.2, 0.25) is 0 Å². The number of carbonyl (C=O) groups excluding carboxylic acids is 1. The quantitative estimate of drug-likeness (QED) is 0.644. The molecule has 1 aliphatic rings. The number of carbonyl (C=O) groups is 2. The average Bonchev–Trinajstić information content (AvgIpc) is 2.64. The van der Waals surface area contributed by atoms with Crippen LogP contribution in [0.25, 0.3) is 0 Å². The minimum absolute atomic E-state index is 0.0312. The van der Waals surface area contributed by atoms with Crippen molar-refractivity contribution in [3.63, 3.8) is 0 Å². The van der Waals surface area contributed by atoms with Gasteiger partial charge in [-0.05, 0) is 6.42 Å². The van der Waals surface area contributed by atoms with Crippen LogP contribution in [0.4, 0.5) is 0 Å². The van der Waals surface area contributed by atoms with E-state index in [4.69, 9.17) is 10.8 Å². The van der Waals surface area contributed by atoms with Crippen molar-refractivity contribution in [1.82, 2.24) is 4.90 Å². The van der Waals surface area contributed by atoms with E-state index in [1.54, 1.807) is 11.8 Å². The van der Waals surface area contributed by atoms with Crippen LogP contribution in [0.3, 0.4) is 0 Å². The smallest absolute Gasteiger partial charge is 0.308 e. The second-order valence-electron chi connectivity index (χ2n) is 3.74. The van der Waals surface area contributed by atoms with E-state index < -0.39 is 11.9 Å². The number of amides is 1. The van der Waals surface area contributed by atoms with Crippen LogP contribution in [0.15, 0.2) is 0 Å². The monoisotopic (exact) mass is 200 g/mol. The molecule has 80 valence electrons. The topological polar surface area (TPSA) is 83.6 Å². The molecule has 0 spiro atoms. The lowest BCUT2D eigenvalue weighted by molar-refractivity contribution is -0.141. The first-order chi connectivity index (χ1) is 6.56. The summed E-state index contributed by atoms with van der Waals surface area (Å²) >= 11 is 0. The van der Waals surface area contributed by atoms with Crippen molar-refractivity contribution < 1.29 is 14.7 Å². The van der Waals surface area contributed by atoms with Crippen molar-refractivity contribution in [3.05, 3.63) is 0 Å². The second kappa shape index (κ2) is 4.41. The van der Waals surface area contributed by atoms with E-state index >= 15 is 0 Å². The zero-order valence-electron chi connectivity index (χ0n) is 8.27. The van der Waals surface area contributed by atoms with E-state index in [0.29, 0.717) is 26.1 Å². The molecular formula is C9H16N2O3. The van der Waals surface area contributed by atoms with E-state index in [1.807, 2.05) is 0 Å². The fourth-order valence-corrected chi connectivity index (χ4v) is 1.57. The molecule has 1 rings (SSSR count). The van der Waals surface area contributed by atoms with Gasteiger partial charge in [0.2, 0.25) is 5.91 Å². The van der Waals surface area contributed by atoms with Crippen molar-refractivity contribution in [2.24, 2.45) is 17.6 Å². The van der Waals surface area contributed by atoms with Gasteiger partial charge in [0, 0.05) is 25.6 Å². The predicted molar refractivity (Wildman–Crippen MR) is 50.5 cm³/mol. The Hall–Kier alpha value is -1.10. The van der Waals surface area contributed by atoms with Crippen molar-refractivity contribution in [2.75, 3.05) is 19.6 Å². The summed E-state index contributed by atoms with van der Waals surface area (Å²) < 4.78 is 0. The minimum Gasteiger partial charge on any atom is -0.481 e. The summed E-state index contributed by atoms with van der Waals surface area (Å²) in [6.45, 7) is 2.95. The third-order valence-electron chi connectivity index (χ3n) is 2.62. The highest BCUT2D eigenvalue weighted by atomic mass is 16.4. The number of carboxylic acids is 1. The van der Waals surface area contributed by atoms with Gasteiger partial charge in [0.25, 0.3) is 0 Å². The van der Waals surface area contributed by atoms with Crippen LogP contribution in [0, 0.1) is 11.8 Å². The van der Waals surface area contributed by atoms with Gasteiger partial charge >= 0.3 is 5.97 Å². The van der Waals surface area contributed by atoms with E-state index in [1.165, 1.54) is 0 Å². The molecule has 1 fully saturated rings. The lowest BCUT2D eigenvalue weighted by Gasteiger charge is -2.19. The first-order valence-corrected chi connectivity index (χ1v) is 4.78. The summed E-state index contributed by atoms with van der Waals surface area (Å²) in [5, 5.41) is 8.75. The molecule has 5 heteroatoms. The van der Waals surface area contributed by atoms with E-state index in [2.05, 4.69) is 0 Å². The maximum atomic E-state index is 11.6. The predicted octanol–water partition coefficient (Wildman–Crippen LogP) is -0.486. The van der Waals surface area contributed by atoms with Crippen molar-refractivity contribution in [2.45, 2.75) is 13.3 Å². The molecule has 14 heavy (non-hydrogen) atoms. The first-order valence-electron chi connectivity index (χ1n) is 4.78. The Morgan fingerprint density at radius 2 is 2.29 bits per heavy atom. The molecule has 3 N–H and O–H groups in total. The van der Waals surface area contributed by atoms with Gasteiger partial charge < -0.3 is 15.7 Å². The van der Waals surface area contributed by atoms with Gasteiger partial charge in [-0.3, -0.25) is 9.59 Å². The molecular weight excluding hydrogens is 184 g/mol. The van der Waals surface area contributed by atoms with Crippen LogP contribution in [0.5, 0.6) is 0 Å². The van der Waals surface area contributed by atoms with Crippen LogP contribution < -0.4 is 5.73 Å². The van der Waals surface area contributed by atoms with E-state index in [9.17, 15) is 9.59 Å². The Kier molecular flexibility index (Phi) is 3.46. The third-order valence-corrected chi connectivity index (χ3v) is 2.62. The molecule has 0 aromatic rings. The van der Waals surface area contributed by atoms with Gasteiger partial charge in [0.15, 0.2) is 0 Å². The molecule has 1 amide bonds. The maximum absolute atomic E-state index is 11.6. The molecule has 1 heterocycles. The zero-order valence-corrected chi connectivity index (χ0v) is 8.27. The first kappa shape index (κ1) is 11.0. The fourth-order valence-electron chi connectivity index (χ4n) is 1.57. The standard InChI is InChI=1S/C9H16N2O3/c1-6(4-10)8(12)11-3-2-7(5-11)9(13)14/h6-7H,2-5,10H2,1H3,(H,13,14). The molecule has 2 atom stereocenters. The molecule has 0 aliphatic carbocycles. The number of aliphatic carboxylic acids is 1. The van der Waals surface area contributed by atoms with Crippen LogP contribution >= 0.6 is 0 Å². The molecule has 0 aromatic heterocycles. The van der Waals surface area contributed by atoms with Gasteiger partial charge in [-0.15, -0.1) is 0 Å². The van der Waals surface area contributed by atoms with Gasteiger partial charge in [0.05, 0.1) is 5.92 Å². The highest BCUT2D eigenvalue weighted by molar-refractivity contribution is 5.80. The molecule has 0 radical (unpaired) electrons. The van der Waals surface area contributed by atoms with Gasteiger partial charge in [-0.1, -0.05) is 6.92 Å². The molecule has 2 unspecified atom stereocenters. The summed E-state index contributed by atoms with van der Waals surface area (Å²) in [5.74, 6) is -1.46. The third kappa shape index (κ3) is 2.23. The number of rotatable bonds is 3. The summed E-state index contributed by atoms with van der Waals surface area (Å²) in [6.07, 6.45) is 0.554. The lowest BCUT2D eigenvalue weighted by Crippen LogP contribution is -2.36. The molecule has 1 aliphatic heterocycles. The van der Waals surface area contributed by atoms with Crippen molar-refractivity contribution in [1.29, 1.82) is 0 Å².